The highest BCUT2D eigenvalue weighted by molar-refractivity contribution is 6.35. The quantitative estimate of drug-likeness (QED) is 0.786. The van der Waals surface area contributed by atoms with Gasteiger partial charge in [0.05, 0.1) is 11.1 Å². The smallest absolute Gasteiger partial charge is 0.135 e. The van der Waals surface area contributed by atoms with Crippen LogP contribution in [0.15, 0.2) is 28.7 Å². The van der Waals surface area contributed by atoms with Crippen molar-refractivity contribution in [3.8, 4) is 0 Å². The fraction of sp³-hybridized carbons (Fsp3) is 0.333. The lowest BCUT2D eigenvalue weighted by Crippen LogP contribution is -2.01. The first kappa shape index (κ1) is 10.5. The van der Waals surface area contributed by atoms with E-state index in [-0.39, 0.29) is 6.10 Å². The topological polar surface area (TPSA) is 22.4 Å². The maximum atomic E-state index is 6.03. The largest absolute Gasteiger partial charge is 0.459 e. The fourth-order valence-electron chi connectivity index (χ4n) is 1.40. The molecule has 0 saturated carbocycles. The Bertz CT molecular complexity index is 460. The van der Waals surface area contributed by atoms with Crippen molar-refractivity contribution < 1.29 is 9.15 Å². The molecule has 0 radical (unpaired) electrons. The Hall–Kier alpha value is -0.990. The number of rotatable bonds is 3. The van der Waals surface area contributed by atoms with Gasteiger partial charge in [0.2, 0.25) is 0 Å². The number of hydrogen-bond acceptors (Lipinski definition) is 2. The van der Waals surface area contributed by atoms with Crippen LogP contribution in [0.5, 0.6) is 0 Å². The lowest BCUT2D eigenvalue weighted by molar-refractivity contribution is 0.0553. The van der Waals surface area contributed by atoms with Gasteiger partial charge in [-0.15, -0.1) is 0 Å². The third kappa shape index (κ3) is 2.33. The summed E-state index contributed by atoms with van der Waals surface area (Å²) < 4.78 is 11.1. The summed E-state index contributed by atoms with van der Waals surface area (Å²) in [6.45, 7) is 4.48. The molecular formula is C12H13ClO2. The SMILES string of the molecule is CC(C)OCc1cc2c(Cl)cccc2o1. The first-order valence-electron chi connectivity index (χ1n) is 4.95. The number of benzene rings is 1. The highest BCUT2D eigenvalue weighted by atomic mass is 35.5. The molecule has 15 heavy (non-hydrogen) atoms. The van der Waals surface area contributed by atoms with Crippen molar-refractivity contribution in [1.82, 2.24) is 0 Å². The van der Waals surface area contributed by atoms with Gasteiger partial charge in [-0.1, -0.05) is 17.7 Å². The van der Waals surface area contributed by atoms with Gasteiger partial charge in [-0.2, -0.15) is 0 Å². The highest BCUT2D eigenvalue weighted by Crippen LogP contribution is 2.26. The van der Waals surface area contributed by atoms with Gasteiger partial charge in [-0.05, 0) is 32.0 Å². The molecule has 2 rings (SSSR count). The molecule has 2 aromatic rings. The van der Waals surface area contributed by atoms with Crippen molar-refractivity contribution in [2.24, 2.45) is 0 Å². The van der Waals surface area contributed by atoms with Crippen LogP contribution in [0.3, 0.4) is 0 Å². The van der Waals surface area contributed by atoms with Crippen molar-refractivity contribution in [1.29, 1.82) is 0 Å². The number of furan rings is 1. The molecule has 0 amide bonds. The van der Waals surface area contributed by atoms with Crippen LogP contribution in [0.1, 0.15) is 19.6 Å². The van der Waals surface area contributed by atoms with Crippen LogP contribution in [0, 0.1) is 0 Å². The molecule has 1 heterocycles. The summed E-state index contributed by atoms with van der Waals surface area (Å²) >= 11 is 6.03. The standard InChI is InChI=1S/C12H13ClO2/c1-8(2)14-7-9-6-10-11(13)4-3-5-12(10)15-9/h3-6,8H,7H2,1-2H3. The zero-order chi connectivity index (χ0) is 10.8. The Morgan fingerprint density at radius 2 is 2.20 bits per heavy atom. The number of ether oxygens (including phenoxy) is 1. The van der Waals surface area contributed by atoms with Gasteiger partial charge in [0.1, 0.15) is 18.0 Å². The second-order valence-corrected chi connectivity index (χ2v) is 4.13. The maximum absolute atomic E-state index is 6.03. The van der Waals surface area contributed by atoms with Crippen LogP contribution in [-0.4, -0.2) is 6.10 Å². The minimum atomic E-state index is 0.202. The molecular weight excluding hydrogens is 212 g/mol. The molecule has 0 unspecified atom stereocenters. The van der Waals surface area contributed by atoms with Gasteiger partial charge in [-0.3, -0.25) is 0 Å². The van der Waals surface area contributed by atoms with E-state index in [4.69, 9.17) is 20.8 Å². The van der Waals surface area contributed by atoms with E-state index in [0.717, 1.165) is 16.7 Å². The number of halogens is 1. The highest BCUT2D eigenvalue weighted by Gasteiger charge is 2.06. The summed E-state index contributed by atoms with van der Waals surface area (Å²) in [5.74, 6) is 0.812. The number of fused-ring (bicyclic) bond motifs is 1. The van der Waals surface area contributed by atoms with Crippen molar-refractivity contribution in [3.05, 3.63) is 35.0 Å². The fourth-order valence-corrected chi connectivity index (χ4v) is 1.62. The van der Waals surface area contributed by atoms with E-state index in [9.17, 15) is 0 Å². The van der Waals surface area contributed by atoms with Crippen molar-refractivity contribution in [2.75, 3.05) is 0 Å². The molecule has 1 aromatic heterocycles. The Morgan fingerprint density at radius 3 is 2.87 bits per heavy atom. The first-order chi connectivity index (χ1) is 7.16. The predicted octanol–water partition coefficient (Wildman–Crippen LogP) is 4.01. The van der Waals surface area contributed by atoms with Gasteiger partial charge in [0.25, 0.3) is 0 Å². The van der Waals surface area contributed by atoms with E-state index in [2.05, 4.69) is 0 Å². The molecule has 0 aliphatic carbocycles. The van der Waals surface area contributed by atoms with Crippen LogP contribution in [0.4, 0.5) is 0 Å². The zero-order valence-corrected chi connectivity index (χ0v) is 9.54. The Morgan fingerprint density at radius 1 is 1.40 bits per heavy atom. The molecule has 80 valence electrons. The third-order valence-corrected chi connectivity index (χ3v) is 2.45. The molecule has 0 aliphatic rings. The van der Waals surface area contributed by atoms with Gasteiger partial charge < -0.3 is 9.15 Å². The van der Waals surface area contributed by atoms with E-state index < -0.39 is 0 Å². The van der Waals surface area contributed by atoms with Crippen molar-refractivity contribution >= 4 is 22.6 Å². The van der Waals surface area contributed by atoms with Crippen LogP contribution in [0.2, 0.25) is 5.02 Å². The minimum absolute atomic E-state index is 0.202. The van der Waals surface area contributed by atoms with Gasteiger partial charge in [-0.25, -0.2) is 0 Å². The molecule has 0 aliphatic heterocycles. The normalized spacial score (nSPS) is 11.5. The Balaban J connectivity index is 2.27. The Labute approximate surface area is 93.8 Å². The van der Waals surface area contributed by atoms with Crippen molar-refractivity contribution in [3.63, 3.8) is 0 Å². The van der Waals surface area contributed by atoms with Gasteiger partial charge in [0, 0.05) is 5.39 Å². The van der Waals surface area contributed by atoms with E-state index in [0.29, 0.717) is 11.6 Å². The molecule has 0 bridgehead atoms. The molecule has 3 heteroatoms. The molecule has 0 spiro atoms. The van der Waals surface area contributed by atoms with E-state index in [1.165, 1.54) is 0 Å². The van der Waals surface area contributed by atoms with E-state index in [1.54, 1.807) is 0 Å². The first-order valence-corrected chi connectivity index (χ1v) is 5.33. The summed E-state index contributed by atoms with van der Waals surface area (Å²) in [5.41, 5.74) is 0.810. The van der Waals surface area contributed by atoms with Crippen molar-refractivity contribution in [2.45, 2.75) is 26.6 Å². The van der Waals surface area contributed by atoms with Crippen LogP contribution >= 0.6 is 11.6 Å². The summed E-state index contributed by atoms with van der Waals surface area (Å²) in [4.78, 5) is 0. The molecule has 2 nitrogen and oxygen atoms in total. The molecule has 0 N–H and O–H groups in total. The van der Waals surface area contributed by atoms with Crippen LogP contribution in [-0.2, 0) is 11.3 Å². The molecule has 1 aromatic carbocycles. The van der Waals surface area contributed by atoms with Gasteiger partial charge in [0.15, 0.2) is 0 Å². The second kappa shape index (κ2) is 4.25. The van der Waals surface area contributed by atoms with E-state index in [1.807, 2.05) is 38.1 Å². The summed E-state index contributed by atoms with van der Waals surface area (Å²) in [7, 11) is 0. The lowest BCUT2D eigenvalue weighted by atomic mass is 10.2. The second-order valence-electron chi connectivity index (χ2n) is 3.72. The maximum Gasteiger partial charge on any atom is 0.135 e. The Kier molecular flexibility index (Phi) is 2.98. The third-order valence-electron chi connectivity index (χ3n) is 2.12. The molecule has 0 saturated heterocycles. The minimum Gasteiger partial charge on any atom is -0.459 e. The zero-order valence-electron chi connectivity index (χ0n) is 8.79. The predicted molar refractivity (Wildman–Crippen MR) is 61.1 cm³/mol. The lowest BCUT2D eigenvalue weighted by Gasteiger charge is -2.03. The summed E-state index contributed by atoms with van der Waals surface area (Å²) in [6.07, 6.45) is 0.202. The average molecular weight is 225 g/mol. The van der Waals surface area contributed by atoms with Crippen LogP contribution in [0.25, 0.3) is 11.0 Å². The number of hydrogen-bond donors (Lipinski definition) is 0. The molecule has 0 atom stereocenters. The summed E-state index contributed by atoms with van der Waals surface area (Å²) in [5, 5.41) is 1.66. The van der Waals surface area contributed by atoms with Crippen LogP contribution < -0.4 is 0 Å². The summed E-state index contributed by atoms with van der Waals surface area (Å²) in [6, 6.07) is 7.56. The van der Waals surface area contributed by atoms with E-state index >= 15 is 0 Å². The molecule has 0 fully saturated rings. The monoisotopic (exact) mass is 224 g/mol. The average Bonchev–Trinajstić information content (AvgIpc) is 2.59. The van der Waals surface area contributed by atoms with Gasteiger partial charge >= 0.3 is 0 Å².